The largest absolute Gasteiger partial charge is 0.444 e. The molecule has 8 heteroatoms. The Morgan fingerprint density at radius 1 is 1.50 bits per heavy atom. The van der Waals surface area contributed by atoms with E-state index in [0.717, 1.165) is 6.42 Å². The van der Waals surface area contributed by atoms with Crippen molar-refractivity contribution in [2.75, 3.05) is 30.8 Å². The Bertz CT molecular complexity index is 547. The number of halogens is 1. The van der Waals surface area contributed by atoms with Crippen molar-refractivity contribution in [3.05, 3.63) is 11.2 Å². The van der Waals surface area contributed by atoms with Crippen LogP contribution < -0.4 is 10.6 Å². The van der Waals surface area contributed by atoms with Crippen molar-refractivity contribution in [3.63, 3.8) is 0 Å². The first-order valence-electron chi connectivity index (χ1n) is 7.23. The fraction of sp³-hybridized carbons (Fsp3) is 0.643. The van der Waals surface area contributed by atoms with Crippen molar-refractivity contribution < 1.29 is 9.53 Å². The quantitative estimate of drug-likeness (QED) is 0.888. The van der Waals surface area contributed by atoms with Crippen molar-refractivity contribution in [2.24, 2.45) is 0 Å². The van der Waals surface area contributed by atoms with Crippen molar-refractivity contribution in [1.82, 2.24) is 14.9 Å². The molecule has 1 saturated heterocycles. The van der Waals surface area contributed by atoms with Crippen LogP contribution in [0.2, 0.25) is 5.02 Å². The number of nitrogens with one attached hydrogen (secondary N) is 2. The lowest BCUT2D eigenvalue weighted by molar-refractivity contribution is 0.0293. The molecule has 2 rings (SSSR count). The monoisotopic (exact) mass is 327 g/mol. The maximum Gasteiger partial charge on any atom is 0.410 e. The zero-order valence-electron chi connectivity index (χ0n) is 13.3. The van der Waals surface area contributed by atoms with E-state index in [1.807, 2.05) is 20.8 Å². The van der Waals surface area contributed by atoms with Gasteiger partial charge in [0.15, 0.2) is 0 Å². The molecule has 1 aliphatic heterocycles. The number of carbonyl (C=O) groups is 1. The van der Waals surface area contributed by atoms with Gasteiger partial charge in [-0.25, -0.2) is 9.78 Å². The smallest absolute Gasteiger partial charge is 0.410 e. The van der Waals surface area contributed by atoms with Crippen LogP contribution in [-0.4, -0.2) is 52.7 Å². The molecule has 0 spiro atoms. The van der Waals surface area contributed by atoms with Crippen LogP contribution in [0.3, 0.4) is 0 Å². The lowest BCUT2D eigenvalue weighted by Gasteiger charge is -2.24. The Balaban J connectivity index is 1.92. The van der Waals surface area contributed by atoms with E-state index in [-0.39, 0.29) is 12.1 Å². The van der Waals surface area contributed by atoms with E-state index in [1.165, 1.54) is 0 Å². The summed E-state index contributed by atoms with van der Waals surface area (Å²) in [6.07, 6.45) is 2.08. The van der Waals surface area contributed by atoms with Gasteiger partial charge in [0.05, 0.1) is 6.20 Å². The first kappa shape index (κ1) is 16.6. The number of likely N-dealkylation sites (tertiary alicyclic amines) is 1. The molecule has 1 amide bonds. The van der Waals surface area contributed by atoms with Gasteiger partial charge in [0.1, 0.15) is 16.4 Å². The number of nitrogens with zero attached hydrogens (tertiary/aromatic N) is 3. The lowest BCUT2D eigenvalue weighted by atomic mass is 10.2. The van der Waals surface area contributed by atoms with E-state index in [4.69, 9.17) is 16.3 Å². The van der Waals surface area contributed by atoms with Gasteiger partial charge >= 0.3 is 6.09 Å². The van der Waals surface area contributed by atoms with E-state index in [9.17, 15) is 4.79 Å². The topological polar surface area (TPSA) is 79.4 Å². The average molecular weight is 328 g/mol. The normalized spacial score (nSPS) is 18.2. The van der Waals surface area contributed by atoms with Crippen LogP contribution in [0.1, 0.15) is 27.2 Å². The predicted octanol–water partition coefficient (Wildman–Crippen LogP) is 2.59. The highest BCUT2D eigenvalue weighted by molar-refractivity contribution is 6.32. The first-order chi connectivity index (χ1) is 10.3. The number of amides is 1. The SMILES string of the molecule is CNc1nc(N[C@H]2CCN(C(=O)OC(C)(C)C)C2)ncc1Cl. The van der Waals surface area contributed by atoms with Crippen LogP contribution in [0.5, 0.6) is 0 Å². The maximum absolute atomic E-state index is 12.0. The molecule has 7 nitrogen and oxygen atoms in total. The molecule has 0 bridgehead atoms. The molecular weight excluding hydrogens is 306 g/mol. The highest BCUT2D eigenvalue weighted by Crippen LogP contribution is 2.21. The predicted molar refractivity (Wildman–Crippen MR) is 86.4 cm³/mol. The molecule has 1 aromatic heterocycles. The number of anilines is 2. The summed E-state index contributed by atoms with van der Waals surface area (Å²) in [5, 5.41) is 6.59. The van der Waals surface area contributed by atoms with Crippen LogP contribution in [0, 0.1) is 0 Å². The molecule has 2 N–H and O–H groups in total. The molecule has 1 aromatic rings. The summed E-state index contributed by atoms with van der Waals surface area (Å²) in [5.74, 6) is 1.06. The molecule has 1 fully saturated rings. The minimum Gasteiger partial charge on any atom is -0.444 e. The number of ether oxygens (including phenoxy) is 1. The van der Waals surface area contributed by atoms with Gasteiger partial charge in [0, 0.05) is 26.2 Å². The maximum atomic E-state index is 12.0. The highest BCUT2D eigenvalue weighted by atomic mass is 35.5. The number of carbonyl (C=O) groups excluding carboxylic acids is 1. The van der Waals surface area contributed by atoms with Crippen molar-refractivity contribution in [3.8, 4) is 0 Å². The summed E-state index contributed by atoms with van der Waals surface area (Å²) in [4.78, 5) is 22.1. The Labute approximate surface area is 135 Å². The zero-order chi connectivity index (χ0) is 16.3. The van der Waals surface area contributed by atoms with E-state index < -0.39 is 5.60 Å². The fourth-order valence-corrected chi connectivity index (χ4v) is 2.35. The van der Waals surface area contributed by atoms with Gasteiger partial charge < -0.3 is 20.3 Å². The number of hydrogen-bond acceptors (Lipinski definition) is 6. The van der Waals surface area contributed by atoms with Gasteiger partial charge in [-0.2, -0.15) is 4.98 Å². The van der Waals surface area contributed by atoms with Gasteiger partial charge in [-0.1, -0.05) is 11.6 Å². The molecule has 22 heavy (non-hydrogen) atoms. The Morgan fingerprint density at radius 2 is 2.23 bits per heavy atom. The molecule has 2 heterocycles. The van der Waals surface area contributed by atoms with Crippen molar-refractivity contribution in [1.29, 1.82) is 0 Å². The summed E-state index contributed by atoms with van der Waals surface area (Å²) in [6, 6.07) is 0.0957. The lowest BCUT2D eigenvalue weighted by Crippen LogP contribution is -2.36. The second-order valence-corrected chi connectivity index (χ2v) is 6.60. The zero-order valence-corrected chi connectivity index (χ0v) is 14.1. The summed E-state index contributed by atoms with van der Waals surface area (Å²) in [5.41, 5.74) is -0.483. The van der Waals surface area contributed by atoms with Crippen LogP contribution in [0.4, 0.5) is 16.6 Å². The molecular formula is C14H22ClN5O2. The van der Waals surface area contributed by atoms with E-state index in [1.54, 1.807) is 18.1 Å². The van der Waals surface area contributed by atoms with Gasteiger partial charge in [-0.15, -0.1) is 0 Å². The molecule has 0 radical (unpaired) electrons. The molecule has 122 valence electrons. The third-order valence-electron chi connectivity index (χ3n) is 3.15. The third-order valence-corrected chi connectivity index (χ3v) is 3.43. The number of aromatic nitrogens is 2. The number of hydrogen-bond donors (Lipinski definition) is 2. The first-order valence-corrected chi connectivity index (χ1v) is 7.61. The van der Waals surface area contributed by atoms with Crippen molar-refractivity contribution in [2.45, 2.75) is 38.8 Å². The van der Waals surface area contributed by atoms with Gasteiger partial charge in [0.25, 0.3) is 0 Å². The Kier molecular flexibility index (Phi) is 4.95. The Hall–Kier alpha value is -1.76. The van der Waals surface area contributed by atoms with Gasteiger partial charge in [-0.05, 0) is 27.2 Å². The van der Waals surface area contributed by atoms with Gasteiger partial charge in [-0.3, -0.25) is 0 Å². The van der Waals surface area contributed by atoms with Crippen molar-refractivity contribution >= 4 is 29.5 Å². The Morgan fingerprint density at radius 3 is 2.86 bits per heavy atom. The van der Waals surface area contributed by atoms with Crippen LogP contribution in [0.25, 0.3) is 0 Å². The summed E-state index contributed by atoms with van der Waals surface area (Å²) in [6.45, 7) is 6.79. The van der Waals surface area contributed by atoms with E-state index in [0.29, 0.717) is 29.9 Å². The van der Waals surface area contributed by atoms with Crippen LogP contribution in [0.15, 0.2) is 6.20 Å². The number of rotatable bonds is 3. The minimum atomic E-state index is -0.483. The average Bonchev–Trinajstić information content (AvgIpc) is 2.87. The van der Waals surface area contributed by atoms with E-state index >= 15 is 0 Å². The molecule has 1 atom stereocenters. The summed E-state index contributed by atoms with van der Waals surface area (Å²) < 4.78 is 5.37. The summed E-state index contributed by atoms with van der Waals surface area (Å²) >= 11 is 5.95. The molecule has 0 saturated carbocycles. The molecule has 0 unspecified atom stereocenters. The third kappa shape index (κ3) is 4.37. The molecule has 1 aliphatic rings. The summed E-state index contributed by atoms with van der Waals surface area (Å²) in [7, 11) is 1.75. The van der Waals surface area contributed by atoms with E-state index in [2.05, 4.69) is 20.6 Å². The highest BCUT2D eigenvalue weighted by Gasteiger charge is 2.30. The second-order valence-electron chi connectivity index (χ2n) is 6.20. The standard InChI is InChI=1S/C14H22ClN5O2/c1-14(2,3)22-13(21)20-6-5-9(8-20)18-12-17-7-10(15)11(16-4)19-12/h7,9H,5-6,8H2,1-4H3,(H2,16,17,18,19)/t9-/m0/s1. The van der Waals surface area contributed by atoms with Gasteiger partial charge in [0.2, 0.25) is 5.95 Å². The second kappa shape index (κ2) is 6.56. The minimum absolute atomic E-state index is 0.0957. The fourth-order valence-electron chi connectivity index (χ4n) is 2.16. The van der Waals surface area contributed by atoms with Crippen LogP contribution in [-0.2, 0) is 4.74 Å². The molecule has 0 aliphatic carbocycles. The molecule has 0 aromatic carbocycles. The van der Waals surface area contributed by atoms with Crippen LogP contribution >= 0.6 is 11.6 Å².